The first kappa shape index (κ1) is 11.5. The predicted molar refractivity (Wildman–Crippen MR) is 60.8 cm³/mol. The average Bonchev–Trinajstić information content (AvgIpc) is 2.31. The fourth-order valence-corrected chi connectivity index (χ4v) is 2.23. The zero-order chi connectivity index (χ0) is 11.4. The van der Waals surface area contributed by atoms with E-state index in [1.165, 1.54) is 19.0 Å². The van der Waals surface area contributed by atoms with Gasteiger partial charge in [-0.1, -0.05) is 6.42 Å². The van der Waals surface area contributed by atoms with Crippen molar-refractivity contribution >= 4 is 0 Å². The summed E-state index contributed by atoms with van der Waals surface area (Å²) in [4.78, 5) is 7.97. The summed E-state index contributed by atoms with van der Waals surface area (Å²) in [6.45, 7) is 2.59. The molecule has 1 aliphatic rings. The molecule has 1 aliphatic heterocycles. The summed E-state index contributed by atoms with van der Waals surface area (Å²) in [6, 6.07) is 0.269. The zero-order valence-corrected chi connectivity index (χ0v) is 9.62. The maximum absolute atomic E-state index is 14.5. The molecule has 0 bridgehead atoms. The van der Waals surface area contributed by atoms with Gasteiger partial charge in [-0.3, -0.25) is 9.97 Å². The van der Waals surface area contributed by atoms with Crippen LogP contribution < -0.4 is 5.32 Å². The van der Waals surface area contributed by atoms with Crippen molar-refractivity contribution in [1.29, 1.82) is 0 Å². The molecule has 1 fully saturated rings. The molecular formula is C12H18FN3. The van der Waals surface area contributed by atoms with Gasteiger partial charge in [0, 0.05) is 24.9 Å². The van der Waals surface area contributed by atoms with Crippen molar-refractivity contribution in [2.24, 2.45) is 0 Å². The molecular weight excluding hydrogens is 205 g/mol. The Bertz CT molecular complexity index is 320. The van der Waals surface area contributed by atoms with Gasteiger partial charge in [0.05, 0.1) is 11.9 Å². The van der Waals surface area contributed by atoms with Crippen LogP contribution in [0.25, 0.3) is 0 Å². The second-order valence-corrected chi connectivity index (χ2v) is 4.64. The van der Waals surface area contributed by atoms with Crippen LogP contribution in [0.3, 0.4) is 0 Å². The highest BCUT2D eigenvalue weighted by molar-refractivity contribution is 5.07. The normalized spacial score (nSPS) is 25.0. The number of hydrogen-bond donors (Lipinski definition) is 1. The Morgan fingerprint density at radius 1 is 1.50 bits per heavy atom. The number of halogens is 1. The molecule has 0 amide bonds. The van der Waals surface area contributed by atoms with Gasteiger partial charge >= 0.3 is 0 Å². The van der Waals surface area contributed by atoms with Crippen molar-refractivity contribution in [3.63, 3.8) is 0 Å². The first-order valence-electron chi connectivity index (χ1n) is 5.87. The monoisotopic (exact) mass is 223 g/mol. The molecule has 4 heteroatoms. The molecule has 0 radical (unpaired) electrons. The van der Waals surface area contributed by atoms with Gasteiger partial charge in [-0.05, 0) is 26.3 Å². The molecule has 88 valence electrons. The Kier molecular flexibility index (Phi) is 3.49. The number of nitrogens with one attached hydrogen (secondary N) is 1. The van der Waals surface area contributed by atoms with Gasteiger partial charge in [0.2, 0.25) is 0 Å². The zero-order valence-electron chi connectivity index (χ0n) is 9.62. The van der Waals surface area contributed by atoms with E-state index in [1.807, 2.05) is 0 Å². The van der Waals surface area contributed by atoms with Gasteiger partial charge in [0.1, 0.15) is 0 Å². The van der Waals surface area contributed by atoms with Gasteiger partial charge < -0.3 is 5.32 Å². The van der Waals surface area contributed by atoms with Crippen LogP contribution in [-0.2, 0) is 5.67 Å². The van der Waals surface area contributed by atoms with Crippen LogP contribution >= 0.6 is 0 Å². The number of alkyl halides is 1. The number of nitrogens with zero attached hydrogens (tertiary/aromatic N) is 2. The van der Waals surface area contributed by atoms with Crippen molar-refractivity contribution in [3.8, 4) is 0 Å². The fraction of sp³-hybridized carbons (Fsp3) is 0.667. The van der Waals surface area contributed by atoms with Gasteiger partial charge in [-0.2, -0.15) is 0 Å². The molecule has 0 saturated carbocycles. The van der Waals surface area contributed by atoms with Gasteiger partial charge in [-0.25, -0.2) is 4.39 Å². The molecule has 1 aromatic rings. The molecule has 0 aromatic carbocycles. The summed E-state index contributed by atoms with van der Waals surface area (Å²) >= 11 is 0. The molecule has 2 rings (SSSR count). The summed E-state index contributed by atoms with van der Waals surface area (Å²) < 4.78 is 14.5. The highest BCUT2D eigenvalue weighted by Gasteiger charge is 2.31. The van der Waals surface area contributed by atoms with Crippen LogP contribution in [0.5, 0.6) is 0 Å². The highest BCUT2D eigenvalue weighted by Crippen LogP contribution is 2.30. The van der Waals surface area contributed by atoms with Crippen LogP contribution in [0, 0.1) is 0 Å². The number of rotatable bonds is 3. The SMILES string of the molecule is CC(F)(CC1CCCCN1)c1cnccn1. The quantitative estimate of drug-likeness (QED) is 0.853. The largest absolute Gasteiger partial charge is 0.314 e. The third-order valence-corrected chi connectivity index (χ3v) is 3.14. The van der Waals surface area contributed by atoms with E-state index in [2.05, 4.69) is 15.3 Å². The van der Waals surface area contributed by atoms with E-state index in [9.17, 15) is 4.39 Å². The third kappa shape index (κ3) is 2.76. The van der Waals surface area contributed by atoms with Crippen LogP contribution in [0.15, 0.2) is 18.6 Å². The van der Waals surface area contributed by atoms with Crippen molar-refractivity contribution in [3.05, 3.63) is 24.3 Å². The van der Waals surface area contributed by atoms with Crippen LogP contribution in [0.2, 0.25) is 0 Å². The van der Waals surface area contributed by atoms with Gasteiger partial charge in [0.15, 0.2) is 5.67 Å². The Morgan fingerprint density at radius 3 is 3.00 bits per heavy atom. The fourth-order valence-electron chi connectivity index (χ4n) is 2.23. The second kappa shape index (κ2) is 4.87. The highest BCUT2D eigenvalue weighted by atomic mass is 19.1. The number of aromatic nitrogens is 2. The minimum Gasteiger partial charge on any atom is -0.314 e. The lowest BCUT2D eigenvalue weighted by atomic mass is 9.91. The molecule has 16 heavy (non-hydrogen) atoms. The maximum atomic E-state index is 14.5. The minimum atomic E-state index is -1.39. The van der Waals surface area contributed by atoms with Crippen molar-refractivity contribution in [2.75, 3.05) is 6.54 Å². The summed E-state index contributed by atoms with van der Waals surface area (Å²) in [5.41, 5.74) is -0.953. The molecule has 2 heterocycles. The van der Waals surface area contributed by atoms with Crippen molar-refractivity contribution < 1.29 is 4.39 Å². The van der Waals surface area contributed by atoms with Crippen LogP contribution in [0.1, 0.15) is 38.3 Å². The molecule has 2 atom stereocenters. The Labute approximate surface area is 95.5 Å². The van der Waals surface area contributed by atoms with E-state index in [0.29, 0.717) is 12.1 Å². The van der Waals surface area contributed by atoms with E-state index >= 15 is 0 Å². The van der Waals surface area contributed by atoms with E-state index in [4.69, 9.17) is 0 Å². The Hall–Kier alpha value is -1.03. The smallest absolute Gasteiger partial charge is 0.152 e. The summed E-state index contributed by atoms with van der Waals surface area (Å²) in [7, 11) is 0. The molecule has 2 unspecified atom stereocenters. The summed E-state index contributed by atoms with van der Waals surface area (Å²) in [5, 5.41) is 3.36. The first-order chi connectivity index (χ1) is 7.68. The van der Waals surface area contributed by atoms with E-state index in [1.54, 1.807) is 19.3 Å². The lowest BCUT2D eigenvalue weighted by molar-refractivity contribution is 0.140. The van der Waals surface area contributed by atoms with Crippen LogP contribution in [-0.4, -0.2) is 22.6 Å². The van der Waals surface area contributed by atoms with Crippen molar-refractivity contribution in [1.82, 2.24) is 15.3 Å². The molecule has 0 aliphatic carbocycles. The lowest BCUT2D eigenvalue weighted by Crippen LogP contribution is -2.38. The molecule has 3 nitrogen and oxygen atoms in total. The topological polar surface area (TPSA) is 37.8 Å². The molecule has 0 spiro atoms. The average molecular weight is 223 g/mol. The van der Waals surface area contributed by atoms with Gasteiger partial charge in [-0.15, -0.1) is 0 Å². The van der Waals surface area contributed by atoms with E-state index in [-0.39, 0.29) is 6.04 Å². The Balaban J connectivity index is 2.01. The molecule has 1 N–H and O–H groups in total. The number of hydrogen-bond acceptors (Lipinski definition) is 3. The van der Waals surface area contributed by atoms with Gasteiger partial charge in [0.25, 0.3) is 0 Å². The van der Waals surface area contributed by atoms with E-state index in [0.717, 1.165) is 13.0 Å². The third-order valence-electron chi connectivity index (χ3n) is 3.14. The van der Waals surface area contributed by atoms with Crippen LogP contribution in [0.4, 0.5) is 4.39 Å². The summed E-state index contributed by atoms with van der Waals surface area (Å²) in [5.74, 6) is 0. The Morgan fingerprint density at radius 2 is 2.38 bits per heavy atom. The number of piperidine rings is 1. The van der Waals surface area contributed by atoms with Crippen molar-refractivity contribution in [2.45, 2.75) is 44.3 Å². The molecule has 1 saturated heterocycles. The lowest BCUT2D eigenvalue weighted by Gasteiger charge is -2.29. The predicted octanol–water partition coefficient (Wildman–Crippen LogP) is 2.19. The summed E-state index contributed by atoms with van der Waals surface area (Å²) in [6.07, 6.45) is 8.55. The molecule has 1 aromatic heterocycles. The van der Waals surface area contributed by atoms with E-state index < -0.39 is 5.67 Å². The second-order valence-electron chi connectivity index (χ2n) is 4.64. The standard InChI is InChI=1S/C12H18FN3/c1-12(13,11-9-14-6-7-16-11)8-10-4-2-3-5-15-10/h6-7,9-10,15H,2-5,8H2,1H3. The first-order valence-corrected chi connectivity index (χ1v) is 5.87. The minimum absolute atomic E-state index is 0.269. The maximum Gasteiger partial charge on any atom is 0.152 e.